The lowest BCUT2D eigenvalue weighted by Gasteiger charge is -2.04. The van der Waals surface area contributed by atoms with Crippen LogP contribution in [0.2, 0.25) is 0 Å². The van der Waals surface area contributed by atoms with Gasteiger partial charge in [-0.15, -0.1) is 6.42 Å². The molecule has 1 aliphatic rings. The highest BCUT2D eigenvalue weighted by Crippen LogP contribution is 2.25. The van der Waals surface area contributed by atoms with Gasteiger partial charge >= 0.3 is 0 Å². The fraction of sp³-hybridized carbons (Fsp3) is 0.667. The molecule has 2 unspecified atom stereocenters. The van der Waals surface area contributed by atoms with Crippen molar-refractivity contribution in [2.45, 2.75) is 31.7 Å². The van der Waals surface area contributed by atoms with Gasteiger partial charge < -0.3 is 5.73 Å². The van der Waals surface area contributed by atoms with Gasteiger partial charge in [0, 0.05) is 12.0 Å². The summed E-state index contributed by atoms with van der Waals surface area (Å²) in [5.41, 5.74) is 5.66. The maximum atomic E-state index is 11.2. The van der Waals surface area contributed by atoms with Crippen LogP contribution in [0.3, 0.4) is 0 Å². The summed E-state index contributed by atoms with van der Waals surface area (Å²) in [6, 6.07) is 0.224. The molecule has 0 aromatic heterocycles. The van der Waals surface area contributed by atoms with Crippen LogP contribution in [0, 0.1) is 18.3 Å². The van der Waals surface area contributed by atoms with Crippen molar-refractivity contribution in [3.05, 3.63) is 0 Å². The second kappa shape index (κ2) is 3.54. The molecule has 60 valence electrons. The third kappa shape index (κ3) is 2.06. The number of terminal acetylenes is 1. The van der Waals surface area contributed by atoms with Crippen LogP contribution in [0.1, 0.15) is 25.7 Å². The van der Waals surface area contributed by atoms with Gasteiger partial charge in [0.15, 0.2) is 0 Å². The van der Waals surface area contributed by atoms with E-state index in [-0.39, 0.29) is 24.2 Å². The van der Waals surface area contributed by atoms with Crippen molar-refractivity contribution in [1.82, 2.24) is 0 Å². The molecule has 11 heavy (non-hydrogen) atoms. The molecule has 2 heteroatoms. The minimum Gasteiger partial charge on any atom is -0.328 e. The van der Waals surface area contributed by atoms with Gasteiger partial charge in [-0.25, -0.2) is 0 Å². The van der Waals surface area contributed by atoms with E-state index >= 15 is 0 Å². The Bertz CT molecular complexity index is 192. The summed E-state index contributed by atoms with van der Waals surface area (Å²) < 4.78 is 0. The van der Waals surface area contributed by atoms with Gasteiger partial charge in [0.2, 0.25) is 0 Å². The van der Waals surface area contributed by atoms with E-state index in [1.54, 1.807) is 0 Å². The SMILES string of the molecule is C#CCC(=O)C1CCC(N)C1. The van der Waals surface area contributed by atoms with Crippen molar-refractivity contribution in [2.24, 2.45) is 11.7 Å². The zero-order chi connectivity index (χ0) is 8.27. The number of Topliss-reactive ketones (excluding diaryl/α,β-unsaturated/α-hetero) is 1. The standard InChI is InChI=1S/C9H13NO/c1-2-3-9(11)7-4-5-8(10)6-7/h1,7-8H,3-6,10H2. The lowest BCUT2D eigenvalue weighted by Crippen LogP contribution is -2.17. The molecule has 0 heterocycles. The Hall–Kier alpha value is -0.810. The van der Waals surface area contributed by atoms with E-state index in [0.717, 1.165) is 19.3 Å². The van der Waals surface area contributed by atoms with Gasteiger partial charge in [0.25, 0.3) is 0 Å². The molecule has 0 amide bonds. The van der Waals surface area contributed by atoms with Crippen molar-refractivity contribution < 1.29 is 4.79 Å². The monoisotopic (exact) mass is 151 g/mol. The van der Waals surface area contributed by atoms with Crippen molar-refractivity contribution >= 4 is 5.78 Å². The molecular weight excluding hydrogens is 138 g/mol. The molecule has 2 atom stereocenters. The van der Waals surface area contributed by atoms with E-state index < -0.39 is 0 Å². The maximum Gasteiger partial charge on any atom is 0.147 e. The number of carbonyl (C=O) groups is 1. The number of hydrogen-bond acceptors (Lipinski definition) is 2. The van der Waals surface area contributed by atoms with E-state index in [2.05, 4.69) is 5.92 Å². The van der Waals surface area contributed by atoms with Crippen LogP contribution < -0.4 is 5.73 Å². The summed E-state index contributed by atoms with van der Waals surface area (Å²) in [6.07, 6.45) is 8.04. The Balaban J connectivity index is 2.38. The van der Waals surface area contributed by atoms with E-state index in [4.69, 9.17) is 12.2 Å². The molecule has 0 spiro atoms. The zero-order valence-corrected chi connectivity index (χ0v) is 6.55. The van der Waals surface area contributed by atoms with E-state index in [9.17, 15) is 4.79 Å². The van der Waals surface area contributed by atoms with Crippen LogP contribution in [0.25, 0.3) is 0 Å². The van der Waals surface area contributed by atoms with E-state index in [1.807, 2.05) is 0 Å². The van der Waals surface area contributed by atoms with Crippen molar-refractivity contribution in [2.75, 3.05) is 0 Å². The average Bonchev–Trinajstić information content (AvgIpc) is 2.36. The van der Waals surface area contributed by atoms with Crippen LogP contribution in [0.4, 0.5) is 0 Å². The lowest BCUT2D eigenvalue weighted by atomic mass is 10.0. The third-order valence-electron chi connectivity index (χ3n) is 2.20. The second-order valence-corrected chi connectivity index (χ2v) is 3.12. The van der Waals surface area contributed by atoms with Gasteiger partial charge in [-0.05, 0) is 19.3 Å². The lowest BCUT2D eigenvalue weighted by molar-refractivity contribution is -0.121. The topological polar surface area (TPSA) is 43.1 Å². The van der Waals surface area contributed by atoms with E-state index in [1.165, 1.54) is 0 Å². The quantitative estimate of drug-likeness (QED) is 0.590. The number of carbonyl (C=O) groups excluding carboxylic acids is 1. The van der Waals surface area contributed by atoms with Crippen molar-refractivity contribution in [3.8, 4) is 12.3 Å². The van der Waals surface area contributed by atoms with Crippen LogP contribution in [0.5, 0.6) is 0 Å². The highest BCUT2D eigenvalue weighted by molar-refractivity contribution is 5.83. The van der Waals surface area contributed by atoms with Crippen LogP contribution in [0.15, 0.2) is 0 Å². The Kier molecular flexibility index (Phi) is 2.67. The predicted molar refractivity (Wildman–Crippen MR) is 43.8 cm³/mol. The Morgan fingerprint density at radius 1 is 1.64 bits per heavy atom. The van der Waals surface area contributed by atoms with Gasteiger partial charge in [0.1, 0.15) is 5.78 Å². The molecule has 2 N–H and O–H groups in total. The largest absolute Gasteiger partial charge is 0.328 e. The van der Waals surface area contributed by atoms with Gasteiger partial charge in [-0.3, -0.25) is 4.79 Å². The van der Waals surface area contributed by atoms with Crippen molar-refractivity contribution in [1.29, 1.82) is 0 Å². The number of hydrogen-bond donors (Lipinski definition) is 1. The highest BCUT2D eigenvalue weighted by atomic mass is 16.1. The first kappa shape index (κ1) is 8.29. The molecular formula is C9H13NO. The molecule has 2 nitrogen and oxygen atoms in total. The molecule has 0 aromatic rings. The van der Waals surface area contributed by atoms with Crippen LogP contribution in [-0.2, 0) is 4.79 Å². The van der Waals surface area contributed by atoms with Crippen molar-refractivity contribution in [3.63, 3.8) is 0 Å². The third-order valence-corrected chi connectivity index (χ3v) is 2.20. The van der Waals surface area contributed by atoms with Gasteiger partial charge in [-0.1, -0.05) is 5.92 Å². The first-order chi connectivity index (χ1) is 5.24. The summed E-state index contributed by atoms with van der Waals surface area (Å²) >= 11 is 0. The van der Waals surface area contributed by atoms with E-state index in [0.29, 0.717) is 0 Å². The van der Waals surface area contributed by atoms with Gasteiger partial charge in [-0.2, -0.15) is 0 Å². The number of nitrogens with two attached hydrogens (primary N) is 1. The molecule has 1 rings (SSSR count). The van der Waals surface area contributed by atoms with Crippen LogP contribution >= 0.6 is 0 Å². The zero-order valence-electron chi connectivity index (χ0n) is 6.55. The average molecular weight is 151 g/mol. The normalized spacial score (nSPS) is 29.8. The highest BCUT2D eigenvalue weighted by Gasteiger charge is 2.26. The minimum atomic E-state index is 0.154. The molecule has 0 bridgehead atoms. The first-order valence-electron chi connectivity index (χ1n) is 3.95. The first-order valence-corrected chi connectivity index (χ1v) is 3.95. The Labute approximate surface area is 67.2 Å². The Morgan fingerprint density at radius 2 is 2.36 bits per heavy atom. The fourth-order valence-electron chi connectivity index (χ4n) is 1.55. The molecule has 0 aliphatic heterocycles. The molecule has 1 aliphatic carbocycles. The second-order valence-electron chi connectivity index (χ2n) is 3.12. The maximum absolute atomic E-state index is 11.2. The summed E-state index contributed by atoms with van der Waals surface area (Å²) in [6.45, 7) is 0. The molecule has 1 saturated carbocycles. The minimum absolute atomic E-state index is 0.154. The number of rotatable bonds is 2. The molecule has 1 fully saturated rings. The summed E-state index contributed by atoms with van der Waals surface area (Å²) in [4.78, 5) is 11.2. The van der Waals surface area contributed by atoms with Gasteiger partial charge in [0.05, 0.1) is 6.42 Å². The molecule has 0 saturated heterocycles. The van der Waals surface area contributed by atoms with Crippen LogP contribution in [-0.4, -0.2) is 11.8 Å². The fourth-order valence-corrected chi connectivity index (χ4v) is 1.55. The Morgan fingerprint density at radius 3 is 2.82 bits per heavy atom. The number of ketones is 1. The summed E-state index contributed by atoms with van der Waals surface area (Å²) in [5.74, 6) is 2.72. The summed E-state index contributed by atoms with van der Waals surface area (Å²) in [5, 5.41) is 0. The molecule has 0 radical (unpaired) electrons. The predicted octanol–water partition coefficient (Wildman–Crippen LogP) is 0.706. The smallest absolute Gasteiger partial charge is 0.147 e. The summed E-state index contributed by atoms with van der Waals surface area (Å²) in [7, 11) is 0. The molecule has 0 aromatic carbocycles.